The summed E-state index contributed by atoms with van der Waals surface area (Å²) in [7, 11) is 0. The summed E-state index contributed by atoms with van der Waals surface area (Å²) >= 11 is 0. The molecule has 6 rings (SSSR count). The highest BCUT2D eigenvalue weighted by molar-refractivity contribution is 5.83. The Labute approximate surface area is 185 Å². The molecule has 1 aliphatic carbocycles. The van der Waals surface area contributed by atoms with Gasteiger partial charge in [-0.15, -0.1) is 0 Å². The number of aromatic nitrogens is 5. The lowest BCUT2D eigenvalue weighted by Gasteiger charge is -2.08. The van der Waals surface area contributed by atoms with Crippen molar-refractivity contribution in [2.75, 3.05) is 10.6 Å². The van der Waals surface area contributed by atoms with E-state index in [0.29, 0.717) is 30.1 Å². The number of aromatic amines is 2. The van der Waals surface area contributed by atoms with E-state index >= 15 is 0 Å². The van der Waals surface area contributed by atoms with E-state index in [0.717, 1.165) is 23.4 Å². The maximum Gasteiger partial charge on any atom is 0.224 e. The number of hydrogen-bond donors (Lipinski definition) is 4. The summed E-state index contributed by atoms with van der Waals surface area (Å²) in [5, 5.41) is 15.4. The molecule has 7 nitrogen and oxygen atoms in total. The number of benzene rings is 2. The van der Waals surface area contributed by atoms with Crippen LogP contribution in [0.25, 0.3) is 10.9 Å². The van der Waals surface area contributed by atoms with Gasteiger partial charge in [0.05, 0.1) is 0 Å². The predicted octanol–water partition coefficient (Wildman–Crippen LogP) is 5.31. The molecular weight excluding hydrogens is 398 g/mol. The lowest BCUT2D eigenvalue weighted by Crippen LogP contribution is -2.05. The van der Waals surface area contributed by atoms with Crippen molar-refractivity contribution in [1.29, 1.82) is 0 Å². The van der Waals surface area contributed by atoms with Crippen LogP contribution < -0.4 is 10.6 Å². The molecule has 7 heteroatoms. The maximum absolute atomic E-state index is 4.59. The molecule has 0 spiro atoms. The number of H-pyrrole nitrogens is 2. The summed E-state index contributed by atoms with van der Waals surface area (Å²) in [6.45, 7) is 0.647. The third kappa shape index (κ3) is 3.69. The van der Waals surface area contributed by atoms with E-state index in [1.165, 1.54) is 16.5 Å². The minimum Gasteiger partial charge on any atom is -0.361 e. The minimum atomic E-state index is 0.499. The van der Waals surface area contributed by atoms with Crippen molar-refractivity contribution in [3.63, 3.8) is 0 Å². The number of rotatable bonds is 7. The highest BCUT2D eigenvalue weighted by Crippen LogP contribution is 2.54. The molecule has 0 aliphatic heterocycles. The van der Waals surface area contributed by atoms with Crippen molar-refractivity contribution < 1.29 is 0 Å². The summed E-state index contributed by atoms with van der Waals surface area (Å²) in [5.74, 6) is 3.11. The third-order valence-corrected chi connectivity index (χ3v) is 6.05. The standard InChI is InChI=1S/C25H23N7/c1-2-5-16(6-3-1)19-13-20(19)22-14-24(32-31-22)29-23-10-12-27-25(30-23)28-15-17-7-4-8-21-18(17)9-11-26-21/h1-12,14,19-20,26H,13,15H2,(H3,27,28,29,30,31,32)/t19-,20+/m0/s1. The minimum absolute atomic E-state index is 0.499. The second-order valence-corrected chi connectivity index (χ2v) is 8.17. The van der Waals surface area contributed by atoms with Gasteiger partial charge in [-0.3, -0.25) is 5.10 Å². The number of nitrogens with zero attached hydrogens (tertiary/aromatic N) is 3. The highest BCUT2D eigenvalue weighted by Gasteiger charge is 2.40. The normalized spacial score (nSPS) is 17.4. The molecule has 0 radical (unpaired) electrons. The van der Waals surface area contributed by atoms with Gasteiger partial charge in [0, 0.05) is 47.5 Å². The SMILES string of the molecule is c1ccc([C@@H]2C[C@H]2c2cc(Nc3ccnc(NCc4cccc5[nH]ccc45)n3)n[nH]2)cc1. The molecule has 1 fully saturated rings. The van der Waals surface area contributed by atoms with Crippen molar-refractivity contribution in [3.8, 4) is 0 Å². The molecule has 2 aromatic carbocycles. The molecule has 5 aromatic rings. The van der Waals surface area contributed by atoms with Crippen LogP contribution in [-0.4, -0.2) is 25.1 Å². The van der Waals surface area contributed by atoms with Crippen LogP contribution in [0.3, 0.4) is 0 Å². The van der Waals surface area contributed by atoms with Crippen LogP contribution in [0.5, 0.6) is 0 Å². The molecule has 32 heavy (non-hydrogen) atoms. The maximum atomic E-state index is 4.59. The monoisotopic (exact) mass is 421 g/mol. The summed E-state index contributed by atoms with van der Waals surface area (Å²) in [5.41, 5.74) is 4.87. The first-order valence-corrected chi connectivity index (χ1v) is 10.8. The molecular formula is C25H23N7. The average Bonchev–Trinajstić information content (AvgIpc) is 3.23. The van der Waals surface area contributed by atoms with E-state index in [1.807, 2.05) is 18.3 Å². The van der Waals surface area contributed by atoms with Gasteiger partial charge in [0.2, 0.25) is 5.95 Å². The Balaban J connectivity index is 1.11. The van der Waals surface area contributed by atoms with Gasteiger partial charge >= 0.3 is 0 Å². The fourth-order valence-electron chi connectivity index (χ4n) is 4.32. The van der Waals surface area contributed by atoms with Gasteiger partial charge in [0.25, 0.3) is 0 Å². The molecule has 0 unspecified atom stereocenters. The largest absolute Gasteiger partial charge is 0.361 e. The zero-order valence-corrected chi connectivity index (χ0v) is 17.4. The third-order valence-electron chi connectivity index (χ3n) is 6.05. The quantitative estimate of drug-likeness (QED) is 0.286. The second kappa shape index (κ2) is 7.85. The Bertz CT molecular complexity index is 1360. The smallest absolute Gasteiger partial charge is 0.224 e. The van der Waals surface area contributed by atoms with Gasteiger partial charge in [-0.25, -0.2) is 4.98 Å². The predicted molar refractivity (Wildman–Crippen MR) is 126 cm³/mol. The van der Waals surface area contributed by atoms with E-state index in [-0.39, 0.29) is 0 Å². The van der Waals surface area contributed by atoms with Crippen molar-refractivity contribution >= 4 is 28.5 Å². The Morgan fingerprint density at radius 1 is 0.938 bits per heavy atom. The van der Waals surface area contributed by atoms with Crippen LogP contribution in [0.1, 0.15) is 35.1 Å². The summed E-state index contributed by atoms with van der Waals surface area (Å²) in [6, 6.07) is 22.9. The fraction of sp³-hybridized carbons (Fsp3) is 0.160. The Morgan fingerprint density at radius 3 is 2.81 bits per heavy atom. The van der Waals surface area contributed by atoms with Crippen molar-refractivity contribution in [2.24, 2.45) is 0 Å². The van der Waals surface area contributed by atoms with E-state index in [9.17, 15) is 0 Å². The molecule has 3 heterocycles. The van der Waals surface area contributed by atoms with Crippen molar-refractivity contribution in [1.82, 2.24) is 25.1 Å². The lowest BCUT2D eigenvalue weighted by molar-refractivity contribution is 0.933. The molecule has 0 bridgehead atoms. The summed E-state index contributed by atoms with van der Waals surface area (Å²) < 4.78 is 0. The van der Waals surface area contributed by atoms with Gasteiger partial charge in [-0.1, -0.05) is 42.5 Å². The van der Waals surface area contributed by atoms with Crippen LogP contribution in [-0.2, 0) is 6.54 Å². The molecule has 0 saturated heterocycles. The molecule has 3 aromatic heterocycles. The van der Waals surface area contributed by atoms with E-state index in [1.54, 1.807) is 6.20 Å². The zero-order valence-electron chi connectivity index (χ0n) is 17.4. The number of anilines is 3. The van der Waals surface area contributed by atoms with Crippen molar-refractivity contribution in [2.45, 2.75) is 24.8 Å². The van der Waals surface area contributed by atoms with Crippen molar-refractivity contribution in [3.05, 3.63) is 95.9 Å². The van der Waals surface area contributed by atoms with E-state index < -0.39 is 0 Å². The van der Waals surface area contributed by atoms with Gasteiger partial charge in [-0.05, 0) is 41.7 Å². The lowest BCUT2D eigenvalue weighted by atomic mass is 10.1. The van der Waals surface area contributed by atoms with Gasteiger partial charge in [-0.2, -0.15) is 10.1 Å². The molecule has 158 valence electrons. The molecule has 1 saturated carbocycles. The van der Waals surface area contributed by atoms with E-state index in [2.05, 4.69) is 90.4 Å². The first kappa shape index (κ1) is 18.6. The first-order valence-electron chi connectivity index (χ1n) is 10.8. The summed E-state index contributed by atoms with van der Waals surface area (Å²) in [4.78, 5) is 12.2. The van der Waals surface area contributed by atoms with Gasteiger partial charge in [0.15, 0.2) is 5.82 Å². The Hall–Kier alpha value is -4.13. The first-order chi connectivity index (χ1) is 15.8. The van der Waals surface area contributed by atoms with E-state index in [4.69, 9.17) is 0 Å². The van der Waals surface area contributed by atoms with Crippen LogP contribution >= 0.6 is 0 Å². The molecule has 0 amide bonds. The zero-order chi connectivity index (χ0) is 21.3. The topological polar surface area (TPSA) is 94.3 Å². The number of hydrogen-bond acceptors (Lipinski definition) is 5. The Kier molecular flexibility index (Phi) is 4.57. The van der Waals surface area contributed by atoms with Crippen LogP contribution in [0.2, 0.25) is 0 Å². The fourth-order valence-corrected chi connectivity index (χ4v) is 4.32. The molecule has 1 aliphatic rings. The highest BCUT2D eigenvalue weighted by atomic mass is 15.2. The van der Waals surface area contributed by atoms with Gasteiger partial charge < -0.3 is 15.6 Å². The molecule has 4 N–H and O–H groups in total. The second-order valence-electron chi connectivity index (χ2n) is 8.17. The average molecular weight is 422 g/mol. The Morgan fingerprint density at radius 2 is 1.88 bits per heavy atom. The van der Waals surface area contributed by atoms with Gasteiger partial charge in [0.1, 0.15) is 5.82 Å². The van der Waals surface area contributed by atoms with Crippen LogP contribution in [0.15, 0.2) is 79.1 Å². The van der Waals surface area contributed by atoms with Crippen LogP contribution in [0.4, 0.5) is 17.6 Å². The van der Waals surface area contributed by atoms with Crippen LogP contribution in [0, 0.1) is 0 Å². The number of nitrogens with one attached hydrogen (secondary N) is 4. The number of fused-ring (bicyclic) bond motifs is 1. The molecule has 2 atom stereocenters. The summed E-state index contributed by atoms with van der Waals surface area (Å²) in [6.07, 6.45) is 4.85.